The van der Waals surface area contributed by atoms with Crippen LogP contribution in [0.3, 0.4) is 0 Å². The molecular weight excluding hydrogens is 324 g/mol. The second kappa shape index (κ2) is 24.9. The minimum Gasteiger partial charge on any atom is -0.379 e. The van der Waals surface area contributed by atoms with E-state index in [1.807, 2.05) is 0 Å². The van der Waals surface area contributed by atoms with E-state index in [0.717, 1.165) is 19.6 Å². The molecular formula is C23H48O3. The van der Waals surface area contributed by atoms with Crippen molar-refractivity contribution in [2.24, 2.45) is 0 Å². The molecule has 3 nitrogen and oxygen atoms in total. The van der Waals surface area contributed by atoms with Crippen molar-refractivity contribution in [1.82, 2.24) is 0 Å². The first-order chi connectivity index (χ1) is 12.9. The maximum Gasteiger partial charge on any atom is 0.0701 e. The highest BCUT2D eigenvalue weighted by Crippen LogP contribution is 2.12. The summed E-state index contributed by atoms with van der Waals surface area (Å²) >= 11 is 0. The molecule has 0 saturated carbocycles. The van der Waals surface area contributed by atoms with Crippen molar-refractivity contribution in [2.45, 2.75) is 110 Å². The fourth-order valence-corrected chi connectivity index (χ4v) is 3.08. The Labute approximate surface area is 164 Å². The number of unbranched alkanes of at least 4 members (excludes halogenated alkanes) is 13. The molecule has 0 N–H and O–H groups in total. The van der Waals surface area contributed by atoms with E-state index in [9.17, 15) is 0 Å². The summed E-state index contributed by atoms with van der Waals surface area (Å²) in [7, 11) is 0. The third-order valence-corrected chi connectivity index (χ3v) is 4.73. The molecule has 0 aromatic carbocycles. The molecule has 0 bridgehead atoms. The minimum absolute atomic E-state index is 0.683. The summed E-state index contributed by atoms with van der Waals surface area (Å²) in [6.45, 7) is 8.91. The van der Waals surface area contributed by atoms with Gasteiger partial charge in [-0.15, -0.1) is 0 Å². The van der Waals surface area contributed by atoms with Gasteiger partial charge in [0, 0.05) is 13.2 Å². The molecule has 0 rings (SSSR count). The summed E-state index contributed by atoms with van der Waals surface area (Å²) in [5.41, 5.74) is 0. The largest absolute Gasteiger partial charge is 0.379 e. The molecule has 0 radical (unpaired) electrons. The van der Waals surface area contributed by atoms with E-state index in [-0.39, 0.29) is 0 Å². The number of rotatable bonds is 23. The monoisotopic (exact) mass is 372 g/mol. The molecule has 0 unspecified atom stereocenters. The lowest BCUT2D eigenvalue weighted by atomic mass is 10.0. The SMILES string of the molecule is CCCCCCCCCCCCCCCCOCCOCCOCCC. The second-order valence-electron chi connectivity index (χ2n) is 7.43. The number of hydrogen-bond donors (Lipinski definition) is 0. The average molecular weight is 373 g/mol. The third-order valence-electron chi connectivity index (χ3n) is 4.73. The van der Waals surface area contributed by atoms with Crippen LogP contribution in [0, 0.1) is 0 Å². The summed E-state index contributed by atoms with van der Waals surface area (Å²) in [5, 5.41) is 0. The van der Waals surface area contributed by atoms with E-state index in [1.165, 1.54) is 89.9 Å². The van der Waals surface area contributed by atoms with Crippen molar-refractivity contribution in [3.8, 4) is 0 Å². The first-order valence-electron chi connectivity index (χ1n) is 11.6. The Morgan fingerprint density at radius 3 is 1.08 bits per heavy atom. The van der Waals surface area contributed by atoms with Gasteiger partial charge in [-0.25, -0.2) is 0 Å². The highest BCUT2D eigenvalue weighted by atomic mass is 16.5. The summed E-state index contributed by atoms with van der Waals surface area (Å²) in [4.78, 5) is 0. The van der Waals surface area contributed by atoms with Gasteiger partial charge in [-0.1, -0.05) is 97.3 Å². The molecule has 0 aliphatic rings. The smallest absolute Gasteiger partial charge is 0.0701 e. The summed E-state index contributed by atoms with van der Waals surface area (Å²) < 4.78 is 16.4. The molecule has 0 fully saturated rings. The van der Waals surface area contributed by atoms with Crippen LogP contribution in [0.25, 0.3) is 0 Å². The normalized spacial score (nSPS) is 11.3. The Balaban J connectivity index is 2.95. The maximum absolute atomic E-state index is 5.60. The first-order valence-corrected chi connectivity index (χ1v) is 11.6. The topological polar surface area (TPSA) is 27.7 Å². The average Bonchev–Trinajstić information content (AvgIpc) is 2.66. The fraction of sp³-hybridized carbons (Fsp3) is 1.00. The van der Waals surface area contributed by atoms with Crippen molar-refractivity contribution < 1.29 is 14.2 Å². The quantitative estimate of drug-likeness (QED) is 0.182. The van der Waals surface area contributed by atoms with Gasteiger partial charge in [0.25, 0.3) is 0 Å². The van der Waals surface area contributed by atoms with Crippen LogP contribution in [0.1, 0.15) is 110 Å². The zero-order valence-corrected chi connectivity index (χ0v) is 18.1. The Bertz CT molecular complexity index is 209. The van der Waals surface area contributed by atoms with E-state index in [2.05, 4.69) is 13.8 Å². The van der Waals surface area contributed by atoms with Gasteiger partial charge in [0.1, 0.15) is 0 Å². The van der Waals surface area contributed by atoms with Crippen molar-refractivity contribution in [1.29, 1.82) is 0 Å². The number of ether oxygens (including phenoxy) is 3. The molecule has 0 aromatic heterocycles. The lowest BCUT2D eigenvalue weighted by Crippen LogP contribution is -2.10. The van der Waals surface area contributed by atoms with Crippen molar-refractivity contribution in [2.75, 3.05) is 39.6 Å². The van der Waals surface area contributed by atoms with Crippen LogP contribution in [0.15, 0.2) is 0 Å². The Kier molecular flexibility index (Phi) is 24.8. The predicted octanol–water partition coefficient (Wildman–Crippen LogP) is 6.93. The maximum atomic E-state index is 5.60. The molecule has 158 valence electrons. The van der Waals surface area contributed by atoms with Gasteiger partial charge in [0.2, 0.25) is 0 Å². The van der Waals surface area contributed by atoms with Crippen LogP contribution in [-0.4, -0.2) is 39.6 Å². The number of hydrogen-bond acceptors (Lipinski definition) is 3. The van der Waals surface area contributed by atoms with E-state index >= 15 is 0 Å². The molecule has 0 atom stereocenters. The van der Waals surface area contributed by atoms with E-state index < -0.39 is 0 Å². The van der Waals surface area contributed by atoms with Crippen molar-refractivity contribution >= 4 is 0 Å². The van der Waals surface area contributed by atoms with Crippen molar-refractivity contribution in [3.05, 3.63) is 0 Å². The molecule has 0 heterocycles. The van der Waals surface area contributed by atoms with Crippen LogP contribution >= 0.6 is 0 Å². The van der Waals surface area contributed by atoms with E-state index in [4.69, 9.17) is 14.2 Å². The van der Waals surface area contributed by atoms with Crippen LogP contribution < -0.4 is 0 Å². The fourth-order valence-electron chi connectivity index (χ4n) is 3.08. The Morgan fingerprint density at radius 1 is 0.308 bits per heavy atom. The summed E-state index contributed by atoms with van der Waals surface area (Å²) in [5.74, 6) is 0. The van der Waals surface area contributed by atoms with Gasteiger partial charge in [0.15, 0.2) is 0 Å². The van der Waals surface area contributed by atoms with Gasteiger partial charge >= 0.3 is 0 Å². The molecule has 0 aliphatic carbocycles. The molecule has 0 spiro atoms. The molecule has 0 aliphatic heterocycles. The van der Waals surface area contributed by atoms with E-state index in [0.29, 0.717) is 26.4 Å². The van der Waals surface area contributed by atoms with Gasteiger partial charge in [-0.2, -0.15) is 0 Å². The van der Waals surface area contributed by atoms with Gasteiger partial charge in [0.05, 0.1) is 26.4 Å². The Hall–Kier alpha value is -0.120. The summed E-state index contributed by atoms with van der Waals surface area (Å²) in [6, 6.07) is 0. The standard InChI is InChI=1S/C23H48O3/c1-3-5-6-7-8-9-10-11-12-13-14-15-16-17-19-25-21-23-26-22-20-24-18-4-2/h3-23H2,1-2H3. The Morgan fingerprint density at radius 2 is 0.654 bits per heavy atom. The zero-order valence-electron chi connectivity index (χ0n) is 18.1. The third kappa shape index (κ3) is 23.9. The van der Waals surface area contributed by atoms with Crippen molar-refractivity contribution in [3.63, 3.8) is 0 Å². The highest BCUT2D eigenvalue weighted by Gasteiger charge is 1.95. The molecule has 26 heavy (non-hydrogen) atoms. The van der Waals surface area contributed by atoms with Crippen LogP contribution in [-0.2, 0) is 14.2 Å². The van der Waals surface area contributed by atoms with Crippen LogP contribution in [0.2, 0.25) is 0 Å². The molecule has 3 heteroatoms. The van der Waals surface area contributed by atoms with Gasteiger partial charge in [-0.05, 0) is 12.8 Å². The molecule has 0 aromatic rings. The lowest BCUT2D eigenvalue weighted by molar-refractivity contribution is 0.0140. The highest BCUT2D eigenvalue weighted by molar-refractivity contribution is 4.49. The molecule has 0 amide bonds. The van der Waals surface area contributed by atoms with Crippen LogP contribution in [0.5, 0.6) is 0 Å². The van der Waals surface area contributed by atoms with Gasteiger partial charge < -0.3 is 14.2 Å². The predicted molar refractivity (Wildman–Crippen MR) is 113 cm³/mol. The summed E-state index contributed by atoms with van der Waals surface area (Å²) in [6.07, 6.45) is 20.7. The second-order valence-corrected chi connectivity index (χ2v) is 7.43. The van der Waals surface area contributed by atoms with Crippen LogP contribution in [0.4, 0.5) is 0 Å². The zero-order chi connectivity index (χ0) is 19.0. The minimum atomic E-state index is 0.683. The first kappa shape index (κ1) is 25.9. The lowest BCUT2D eigenvalue weighted by Gasteiger charge is -2.06. The van der Waals surface area contributed by atoms with E-state index in [1.54, 1.807) is 0 Å². The van der Waals surface area contributed by atoms with Gasteiger partial charge in [-0.3, -0.25) is 0 Å². The molecule has 0 saturated heterocycles.